The molecule has 3 nitrogen and oxygen atoms in total. The van der Waals surface area contributed by atoms with Crippen LogP contribution in [0.5, 0.6) is 0 Å². The maximum absolute atomic E-state index is 13.7. The molecule has 2 N–H and O–H groups in total. The molecule has 2 aromatic rings. The fraction of sp³-hybridized carbons (Fsp3) is 0.250. The maximum Gasteiger partial charge on any atom is 0.152 e. The Bertz CT molecular complexity index is 535. The molecule has 0 fully saturated rings. The predicted octanol–water partition coefficient (Wildman–Crippen LogP) is 2.92. The number of aromatic nitrogens is 2. The lowest BCUT2D eigenvalue weighted by Gasteiger charge is -2.09. The number of hydrogen-bond acceptors (Lipinski definition) is 2. The molecule has 0 saturated heterocycles. The quantitative estimate of drug-likeness (QED) is 0.861. The summed E-state index contributed by atoms with van der Waals surface area (Å²) in [7, 11) is 0. The van der Waals surface area contributed by atoms with Gasteiger partial charge in [0.05, 0.1) is 18.6 Å². The molecule has 0 aliphatic heterocycles. The number of benzene rings is 1. The van der Waals surface area contributed by atoms with E-state index < -0.39 is 11.6 Å². The molecule has 17 heavy (non-hydrogen) atoms. The predicted molar refractivity (Wildman–Crippen MR) is 61.7 cm³/mol. The standard InChI is InChI=1S/C12H13F2N3/c1-7-3-4-9(13)12(11(7)14)15-5-10-8(2)16-6-17-10/h3-4,6,15H,5H2,1-2H3,(H,16,17). The van der Waals surface area contributed by atoms with Gasteiger partial charge in [-0.2, -0.15) is 0 Å². The molecule has 0 radical (unpaired) electrons. The van der Waals surface area contributed by atoms with Crippen LogP contribution in [0.15, 0.2) is 18.5 Å². The minimum atomic E-state index is -0.596. The van der Waals surface area contributed by atoms with Crippen LogP contribution in [0.2, 0.25) is 0 Å². The number of nitrogens with zero attached hydrogens (tertiary/aromatic N) is 1. The highest BCUT2D eigenvalue weighted by atomic mass is 19.1. The monoisotopic (exact) mass is 237 g/mol. The highest BCUT2D eigenvalue weighted by Crippen LogP contribution is 2.22. The Kier molecular flexibility index (Phi) is 3.08. The van der Waals surface area contributed by atoms with Crippen LogP contribution in [0.25, 0.3) is 0 Å². The fourth-order valence-electron chi connectivity index (χ4n) is 1.56. The van der Waals surface area contributed by atoms with Crippen LogP contribution in [-0.2, 0) is 6.54 Å². The zero-order valence-corrected chi connectivity index (χ0v) is 9.64. The number of imidazole rings is 1. The van der Waals surface area contributed by atoms with Crippen molar-refractivity contribution < 1.29 is 8.78 Å². The van der Waals surface area contributed by atoms with Gasteiger partial charge in [-0.3, -0.25) is 0 Å². The average Bonchev–Trinajstić information content (AvgIpc) is 2.70. The molecule has 0 bridgehead atoms. The van der Waals surface area contributed by atoms with Gasteiger partial charge in [-0.1, -0.05) is 6.07 Å². The topological polar surface area (TPSA) is 40.7 Å². The second-order valence-corrected chi connectivity index (χ2v) is 3.88. The van der Waals surface area contributed by atoms with E-state index in [1.807, 2.05) is 6.92 Å². The molecule has 0 aliphatic rings. The van der Waals surface area contributed by atoms with Crippen LogP contribution in [0.1, 0.15) is 17.0 Å². The van der Waals surface area contributed by atoms with Crippen LogP contribution in [0, 0.1) is 25.5 Å². The Labute approximate surface area is 97.9 Å². The first-order valence-electron chi connectivity index (χ1n) is 5.27. The molecule has 0 atom stereocenters. The van der Waals surface area contributed by atoms with Gasteiger partial charge in [0, 0.05) is 5.69 Å². The molecule has 0 spiro atoms. The number of rotatable bonds is 3. The summed E-state index contributed by atoms with van der Waals surface area (Å²) in [6, 6.07) is 2.66. The lowest BCUT2D eigenvalue weighted by Crippen LogP contribution is -2.06. The molecule has 0 aliphatic carbocycles. The van der Waals surface area contributed by atoms with E-state index in [1.54, 1.807) is 13.3 Å². The first-order valence-corrected chi connectivity index (χ1v) is 5.27. The number of aryl methyl sites for hydroxylation is 2. The zero-order valence-electron chi connectivity index (χ0n) is 9.64. The van der Waals surface area contributed by atoms with E-state index >= 15 is 0 Å². The summed E-state index contributed by atoms with van der Waals surface area (Å²) < 4.78 is 27.1. The Balaban J connectivity index is 2.20. The molecular weight excluding hydrogens is 224 g/mol. The summed E-state index contributed by atoms with van der Waals surface area (Å²) in [5, 5.41) is 2.73. The maximum atomic E-state index is 13.7. The van der Waals surface area contributed by atoms with Crippen molar-refractivity contribution in [2.45, 2.75) is 20.4 Å². The highest BCUT2D eigenvalue weighted by Gasteiger charge is 2.11. The number of nitrogens with one attached hydrogen (secondary N) is 2. The van der Waals surface area contributed by atoms with E-state index in [1.165, 1.54) is 12.1 Å². The van der Waals surface area contributed by atoms with E-state index in [4.69, 9.17) is 0 Å². The Morgan fingerprint density at radius 2 is 2.06 bits per heavy atom. The van der Waals surface area contributed by atoms with Crippen molar-refractivity contribution >= 4 is 5.69 Å². The zero-order chi connectivity index (χ0) is 12.4. The Hall–Kier alpha value is -1.91. The number of anilines is 1. The molecule has 0 saturated carbocycles. The molecule has 0 amide bonds. The normalized spacial score (nSPS) is 10.6. The van der Waals surface area contributed by atoms with Gasteiger partial charge in [-0.25, -0.2) is 13.8 Å². The molecule has 1 aromatic carbocycles. The minimum Gasteiger partial charge on any atom is -0.375 e. The Morgan fingerprint density at radius 3 is 2.71 bits per heavy atom. The smallest absolute Gasteiger partial charge is 0.152 e. The largest absolute Gasteiger partial charge is 0.375 e. The SMILES string of the molecule is Cc1ccc(F)c(NCc2nc[nH]c2C)c1F. The van der Waals surface area contributed by atoms with Crippen molar-refractivity contribution in [2.24, 2.45) is 0 Å². The first-order chi connectivity index (χ1) is 8.09. The molecule has 90 valence electrons. The van der Waals surface area contributed by atoms with Crippen molar-refractivity contribution in [2.75, 3.05) is 5.32 Å². The van der Waals surface area contributed by atoms with Crippen molar-refractivity contribution in [3.05, 3.63) is 47.0 Å². The van der Waals surface area contributed by atoms with Gasteiger partial charge in [0.25, 0.3) is 0 Å². The summed E-state index contributed by atoms with van der Waals surface area (Å²) >= 11 is 0. The molecule has 1 aromatic heterocycles. The molecule has 0 unspecified atom stereocenters. The third kappa shape index (κ3) is 2.27. The van der Waals surface area contributed by atoms with Crippen LogP contribution >= 0.6 is 0 Å². The van der Waals surface area contributed by atoms with E-state index in [-0.39, 0.29) is 12.2 Å². The number of aromatic amines is 1. The first kappa shape index (κ1) is 11.6. The summed E-state index contributed by atoms with van der Waals surface area (Å²) in [4.78, 5) is 6.96. The molecule has 2 rings (SSSR count). The summed E-state index contributed by atoms with van der Waals surface area (Å²) in [5.74, 6) is -1.15. The van der Waals surface area contributed by atoms with Crippen LogP contribution in [0.3, 0.4) is 0 Å². The number of hydrogen-bond donors (Lipinski definition) is 2. The number of H-pyrrole nitrogens is 1. The van der Waals surface area contributed by atoms with Crippen molar-refractivity contribution in [3.63, 3.8) is 0 Å². The third-order valence-electron chi connectivity index (χ3n) is 2.65. The summed E-state index contributed by atoms with van der Waals surface area (Å²) in [6.45, 7) is 3.74. The van der Waals surface area contributed by atoms with Crippen LogP contribution < -0.4 is 5.32 Å². The van der Waals surface area contributed by atoms with Crippen molar-refractivity contribution in [1.82, 2.24) is 9.97 Å². The molecular formula is C12H13F2N3. The van der Waals surface area contributed by atoms with Crippen molar-refractivity contribution in [1.29, 1.82) is 0 Å². The highest BCUT2D eigenvalue weighted by molar-refractivity contribution is 5.49. The fourth-order valence-corrected chi connectivity index (χ4v) is 1.56. The van der Waals surface area contributed by atoms with Crippen LogP contribution in [0.4, 0.5) is 14.5 Å². The summed E-state index contributed by atoms with van der Waals surface area (Å²) in [6.07, 6.45) is 1.55. The molecule has 5 heteroatoms. The van der Waals surface area contributed by atoms with Gasteiger partial charge < -0.3 is 10.3 Å². The van der Waals surface area contributed by atoms with Crippen LogP contribution in [-0.4, -0.2) is 9.97 Å². The average molecular weight is 237 g/mol. The van der Waals surface area contributed by atoms with Gasteiger partial charge in [-0.15, -0.1) is 0 Å². The second kappa shape index (κ2) is 4.53. The van der Waals surface area contributed by atoms with Gasteiger partial charge in [-0.05, 0) is 25.5 Å². The second-order valence-electron chi connectivity index (χ2n) is 3.88. The van der Waals surface area contributed by atoms with E-state index in [0.717, 1.165) is 11.4 Å². The Morgan fingerprint density at radius 1 is 1.29 bits per heavy atom. The summed E-state index contributed by atoms with van der Waals surface area (Å²) in [5.41, 5.74) is 1.93. The van der Waals surface area contributed by atoms with Gasteiger partial charge in [0.1, 0.15) is 11.5 Å². The molecule has 1 heterocycles. The lowest BCUT2D eigenvalue weighted by atomic mass is 10.2. The van der Waals surface area contributed by atoms with E-state index in [2.05, 4.69) is 15.3 Å². The van der Waals surface area contributed by atoms with Gasteiger partial charge in [0.2, 0.25) is 0 Å². The van der Waals surface area contributed by atoms with E-state index in [0.29, 0.717) is 5.56 Å². The van der Waals surface area contributed by atoms with Crippen molar-refractivity contribution in [3.8, 4) is 0 Å². The lowest BCUT2D eigenvalue weighted by molar-refractivity contribution is 0.582. The third-order valence-corrected chi connectivity index (χ3v) is 2.65. The van der Waals surface area contributed by atoms with Gasteiger partial charge in [0.15, 0.2) is 5.82 Å². The number of halogens is 2. The van der Waals surface area contributed by atoms with Gasteiger partial charge >= 0.3 is 0 Å². The minimum absolute atomic E-state index is 0.104. The van der Waals surface area contributed by atoms with E-state index in [9.17, 15) is 8.78 Å².